The highest BCUT2D eigenvalue weighted by Crippen LogP contribution is 2.24. The third kappa shape index (κ3) is 4.23. The molecule has 0 aliphatic carbocycles. The number of hydrogen-bond acceptors (Lipinski definition) is 5. The Labute approximate surface area is 145 Å². The van der Waals surface area contributed by atoms with Gasteiger partial charge in [0.05, 0.1) is 0 Å². The molecule has 0 atom stereocenters. The molecule has 0 aliphatic heterocycles. The molecule has 2 rings (SSSR count). The molecule has 0 radical (unpaired) electrons. The maximum Gasteiger partial charge on any atom is 0.407 e. The zero-order valence-electron chi connectivity index (χ0n) is 14.2. The minimum atomic E-state index is -0.551. The van der Waals surface area contributed by atoms with Gasteiger partial charge in [0.2, 0.25) is 5.28 Å². The molecule has 2 aromatic heterocycles. The molecular weight excluding hydrogens is 332 g/mol. The second kappa shape index (κ2) is 7.17. The Kier molecular flexibility index (Phi) is 5.43. The normalized spacial score (nSPS) is 11.5. The van der Waals surface area contributed by atoms with Gasteiger partial charge in [0.15, 0.2) is 0 Å². The van der Waals surface area contributed by atoms with Crippen LogP contribution in [0.25, 0.3) is 11.0 Å². The van der Waals surface area contributed by atoms with Crippen LogP contribution in [0, 0.1) is 6.92 Å². The second-order valence-electron chi connectivity index (χ2n) is 6.40. The number of ether oxygens (including phenoxy) is 1. The molecule has 0 aromatic carbocycles. The standard InChI is InChI=1S/C16H21ClN4O3/c1-10-11-9-19-14(17)20-13(11)21(12(10)5-8-22)7-6-18-15(23)24-16(2,3)4/h8-9H,5-7H2,1-4H3,(H,18,23). The molecule has 7 nitrogen and oxygen atoms in total. The van der Waals surface area contributed by atoms with E-state index in [1.165, 1.54) is 0 Å². The average molecular weight is 353 g/mol. The van der Waals surface area contributed by atoms with E-state index in [1.54, 1.807) is 27.0 Å². The number of carbonyl (C=O) groups is 2. The maximum absolute atomic E-state index is 11.7. The molecule has 1 N–H and O–H groups in total. The van der Waals surface area contributed by atoms with Gasteiger partial charge in [0.25, 0.3) is 0 Å². The molecule has 0 aliphatic rings. The predicted molar refractivity (Wildman–Crippen MR) is 91.3 cm³/mol. The second-order valence-corrected chi connectivity index (χ2v) is 6.74. The van der Waals surface area contributed by atoms with Gasteiger partial charge < -0.3 is 19.4 Å². The first-order valence-electron chi connectivity index (χ1n) is 7.63. The van der Waals surface area contributed by atoms with E-state index in [1.807, 2.05) is 11.5 Å². The molecule has 2 heterocycles. The summed E-state index contributed by atoms with van der Waals surface area (Å²) in [6.45, 7) is 8.10. The average Bonchev–Trinajstić information content (AvgIpc) is 2.71. The number of alkyl carbamates (subject to hydrolysis) is 1. The summed E-state index contributed by atoms with van der Waals surface area (Å²) in [5.74, 6) is 0. The first-order chi connectivity index (χ1) is 11.2. The summed E-state index contributed by atoms with van der Waals surface area (Å²) in [6, 6.07) is 0. The van der Waals surface area contributed by atoms with Crippen molar-refractivity contribution < 1.29 is 14.3 Å². The molecule has 2 aromatic rings. The maximum atomic E-state index is 11.7. The number of halogens is 1. The molecule has 0 unspecified atom stereocenters. The summed E-state index contributed by atoms with van der Waals surface area (Å²) < 4.78 is 7.08. The number of amides is 1. The van der Waals surface area contributed by atoms with Crippen LogP contribution in [-0.4, -0.2) is 39.1 Å². The van der Waals surface area contributed by atoms with Gasteiger partial charge in [-0.2, -0.15) is 4.98 Å². The van der Waals surface area contributed by atoms with Crippen LogP contribution in [0.3, 0.4) is 0 Å². The number of hydrogen-bond donors (Lipinski definition) is 1. The highest BCUT2D eigenvalue weighted by molar-refractivity contribution is 6.28. The molecule has 24 heavy (non-hydrogen) atoms. The van der Waals surface area contributed by atoms with E-state index in [2.05, 4.69) is 15.3 Å². The van der Waals surface area contributed by atoms with Crippen molar-refractivity contribution >= 4 is 35.0 Å². The summed E-state index contributed by atoms with van der Waals surface area (Å²) in [6.07, 6.45) is 2.26. The number of nitrogens with zero attached hydrogens (tertiary/aromatic N) is 3. The van der Waals surface area contributed by atoms with Crippen molar-refractivity contribution in [2.75, 3.05) is 6.54 Å². The largest absolute Gasteiger partial charge is 0.444 e. The molecule has 0 spiro atoms. The van der Waals surface area contributed by atoms with Crippen molar-refractivity contribution in [3.05, 3.63) is 22.7 Å². The summed E-state index contributed by atoms with van der Waals surface area (Å²) in [7, 11) is 0. The number of carbonyl (C=O) groups excluding carboxylic acids is 2. The van der Waals surface area contributed by atoms with Crippen molar-refractivity contribution in [1.82, 2.24) is 19.9 Å². The Hall–Kier alpha value is -2.15. The molecule has 1 amide bonds. The zero-order chi connectivity index (χ0) is 17.9. The Morgan fingerprint density at radius 2 is 2.17 bits per heavy atom. The lowest BCUT2D eigenvalue weighted by Crippen LogP contribution is -2.34. The SMILES string of the molecule is Cc1c(CC=O)n(CCNC(=O)OC(C)(C)C)c2nc(Cl)ncc12. The predicted octanol–water partition coefficient (Wildman–Crippen LogP) is 2.66. The summed E-state index contributed by atoms with van der Waals surface area (Å²) in [4.78, 5) is 31.0. The van der Waals surface area contributed by atoms with Gasteiger partial charge >= 0.3 is 6.09 Å². The fourth-order valence-corrected chi connectivity index (χ4v) is 2.60. The molecule has 8 heteroatoms. The van der Waals surface area contributed by atoms with Crippen molar-refractivity contribution in [3.8, 4) is 0 Å². The molecule has 0 saturated heterocycles. The number of nitrogens with one attached hydrogen (secondary N) is 1. The molecule has 0 fully saturated rings. The van der Waals surface area contributed by atoms with E-state index in [4.69, 9.17) is 16.3 Å². The summed E-state index contributed by atoms with van der Waals surface area (Å²) in [5.41, 5.74) is 1.87. The highest BCUT2D eigenvalue weighted by Gasteiger charge is 2.18. The van der Waals surface area contributed by atoms with Gasteiger partial charge in [0.1, 0.15) is 17.5 Å². The van der Waals surface area contributed by atoms with Gasteiger partial charge in [-0.1, -0.05) is 0 Å². The fraction of sp³-hybridized carbons (Fsp3) is 0.500. The van der Waals surface area contributed by atoms with Gasteiger partial charge in [0, 0.05) is 36.8 Å². The number of rotatable bonds is 5. The van der Waals surface area contributed by atoms with E-state index < -0.39 is 11.7 Å². The number of fused-ring (bicyclic) bond motifs is 1. The number of aromatic nitrogens is 3. The zero-order valence-corrected chi connectivity index (χ0v) is 15.0. The topological polar surface area (TPSA) is 86.1 Å². The van der Waals surface area contributed by atoms with Crippen LogP contribution in [0.1, 0.15) is 32.0 Å². The van der Waals surface area contributed by atoms with E-state index >= 15 is 0 Å². The van der Waals surface area contributed by atoms with Crippen molar-refractivity contribution in [2.24, 2.45) is 0 Å². The van der Waals surface area contributed by atoms with Crippen molar-refractivity contribution in [1.29, 1.82) is 0 Å². The van der Waals surface area contributed by atoms with Crippen LogP contribution in [0.2, 0.25) is 5.28 Å². The summed E-state index contributed by atoms with van der Waals surface area (Å²) in [5, 5.41) is 3.68. The minimum Gasteiger partial charge on any atom is -0.444 e. The third-order valence-electron chi connectivity index (χ3n) is 3.44. The first kappa shape index (κ1) is 18.2. The van der Waals surface area contributed by atoms with Gasteiger partial charge in [-0.15, -0.1) is 0 Å². The van der Waals surface area contributed by atoms with Crippen LogP contribution in [0.4, 0.5) is 4.79 Å². The van der Waals surface area contributed by atoms with E-state index in [0.717, 1.165) is 22.9 Å². The number of aryl methyl sites for hydroxylation is 1. The lowest BCUT2D eigenvalue weighted by molar-refractivity contribution is -0.107. The third-order valence-corrected chi connectivity index (χ3v) is 3.62. The lowest BCUT2D eigenvalue weighted by Gasteiger charge is -2.20. The Bertz CT molecular complexity index is 765. The van der Waals surface area contributed by atoms with Gasteiger partial charge in [-0.3, -0.25) is 0 Å². The number of aldehydes is 1. The van der Waals surface area contributed by atoms with E-state index in [-0.39, 0.29) is 11.7 Å². The minimum absolute atomic E-state index is 0.138. The van der Waals surface area contributed by atoms with Crippen LogP contribution in [0.5, 0.6) is 0 Å². The Morgan fingerprint density at radius 3 is 2.79 bits per heavy atom. The van der Waals surface area contributed by atoms with Crippen LogP contribution in [-0.2, 0) is 22.5 Å². The smallest absolute Gasteiger partial charge is 0.407 e. The first-order valence-corrected chi connectivity index (χ1v) is 8.01. The lowest BCUT2D eigenvalue weighted by atomic mass is 10.2. The fourth-order valence-electron chi connectivity index (χ4n) is 2.48. The summed E-state index contributed by atoms with van der Waals surface area (Å²) >= 11 is 5.89. The Balaban J connectivity index is 2.21. The Morgan fingerprint density at radius 1 is 1.46 bits per heavy atom. The van der Waals surface area contributed by atoms with Gasteiger partial charge in [-0.25, -0.2) is 9.78 Å². The van der Waals surface area contributed by atoms with Gasteiger partial charge in [-0.05, 0) is 44.9 Å². The molecule has 130 valence electrons. The highest BCUT2D eigenvalue weighted by atomic mass is 35.5. The van der Waals surface area contributed by atoms with Crippen LogP contribution in [0.15, 0.2) is 6.20 Å². The monoisotopic (exact) mass is 352 g/mol. The quantitative estimate of drug-likeness (QED) is 0.660. The van der Waals surface area contributed by atoms with Crippen molar-refractivity contribution in [3.63, 3.8) is 0 Å². The van der Waals surface area contributed by atoms with E-state index in [0.29, 0.717) is 18.7 Å². The molecule has 0 bridgehead atoms. The molecular formula is C16H21ClN4O3. The van der Waals surface area contributed by atoms with Crippen molar-refractivity contribution in [2.45, 2.75) is 46.3 Å². The van der Waals surface area contributed by atoms with E-state index in [9.17, 15) is 9.59 Å². The molecule has 0 saturated carbocycles. The van der Waals surface area contributed by atoms with Crippen LogP contribution >= 0.6 is 11.6 Å². The van der Waals surface area contributed by atoms with Crippen LogP contribution < -0.4 is 5.32 Å².